The van der Waals surface area contributed by atoms with Crippen molar-refractivity contribution in [3.63, 3.8) is 0 Å². The van der Waals surface area contributed by atoms with E-state index in [0.29, 0.717) is 12.5 Å². The van der Waals surface area contributed by atoms with E-state index in [9.17, 15) is 4.79 Å². The number of nitrogens with zero attached hydrogens (tertiary/aromatic N) is 3. The fourth-order valence-electron chi connectivity index (χ4n) is 1.95. The highest BCUT2D eigenvalue weighted by Gasteiger charge is 2.41. The Kier molecular flexibility index (Phi) is 3.45. The molecule has 1 amide bonds. The number of piperazine rings is 1. The van der Waals surface area contributed by atoms with Crippen molar-refractivity contribution in [2.75, 3.05) is 20.1 Å². The molecule has 5 nitrogen and oxygen atoms in total. The van der Waals surface area contributed by atoms with Gasteiger partial charge in [0.15, 0.2) is 5.96 Å². The first-order valence-electron chi connectivity index (χ1n) is 5.63. The van der Waals surface area contributed by atoms with Gasteiger partial charge in [-0.15, -0.1) is 0 Å². The van der Waals surface area contributed by atoms with E-state index in [-0.39, 0.29) is 11.9 Å². The first-order valence-corrected chi connectivity index (χ1v) is 5.63. The van der Waals surface area contributed by atoms with Gasteiger partial charge in [0.25, 0.3) is 0 Å². The summed E-state index contributed by atoms with van der Waals surface area (Å²) in [5.74, 6) is 0.544. The third kappa shape index (κ3) is 2.28. The minimum Gasteiger partial charge on any atom is -0.370 e. The molecule has 0 unspecified atom stereocenters. The van der Waals surface area contributed by atoms with Gasteiger partial charge in [0.2, 0.25) is 5.91 Å². The van der Waals surface area contributed by atoms with E-state index in [1.807, 2.05) is 39.6 Å². The molecule has 0 radical (unpaired) electrons. The zero-order valence-corrected chi connectivity index (χ0v) is 10.8. The lowest BCUT2D eigenvalue weighted by atomic mass is 9.98. The van der Waals surface area contributed by atoms with Crippen molar-refractivity contribution in [2.45, 2.75) is 39.3 Å². The van der Waals surface area contributed by atoms with Crippen LogP contribution in [0, 0.1) is 0 Å². The number of hydrogen-bond donors (Lipinski definition) is 1. The third-order valence-electron chi connectivity index (χ3n) is 2.87. The van der Waals surface area contributed by atoms with Gasteiger partial charge in [0, 0.05) is 26.2 Å². The fourth-order valence-corrected chi connectivity index (χ4v) is 1.95. The summed E-state index contributed by atoms with van der Waals surface area (Å²) in [6, 6.07) is 0.144. The smallest absolute Gasteiger partial charge is 0.247 e. The normalized spacial score (nSPS) is 21.9. The Morgan fingerprint density at radius 3 is 2.50 bits per heavy atom. The van der Waals surface area contributed by atoms with Crippen LogP contribution in [-0.2, 0) is 4.79 Å². The van der Waals surface area contributed by atoms with Gasteiger partial charge in [-0.25, -0.2) is 0 Å². The molecule has 5 heteroatoms. The molecule has 0 atom stereocenters. The van der Waals surface area contributed by atoms with Gasteiger partial charge in [-0.1, -0.05) is 0 Å². The van der Waals surface area contributed by atoms with Gasteiger partial charge in [-0.05, 0) is 27.7 Å². The second-order valence-corrected chi connectivity index (χ2v) is 5.02. The number of rotatable bonds is 1. The Labute approximate surface area is 97.3 Å². The van der Waals surface area contributed by atoms with E-state index in [2.05, 4.69) is 4.99 Å². The van der Waals surface area contributed by atoms with Gasteiger partial charge in [-0.2, -0.15) is 0 Å². The predicted octanol–water partition coefficient (Wildman–Crippen LogP) is 0.262. The van der Waals surface area contributed by atoms with E-state index in [1.165, 1.54) is 0 Å². The average Bonchev–Trinajstić information content (AvgIpc) is 2.13. The average molecular weight is 226 g/mol. The number of likely N-dealkylation sites (N-methyl/N-ethyl adjacent to an activating group) is 1. The van der Waals surface area contributed by atoms with Crippen LogP contribution in [0.1, 0.15) is 27.7 Å². The van der Waals surface area contributed by atoms with E-state index in [0.717, 1.165) is 6.54 Å². The first kappa shape index (κ1) is 12.8. The monoisotopic (exact) mass is 226 g/mol. The quantitative estimate of drug-likeness (QED) is 0.515. The summed E-state index contributed by atoms with van der Waals surface area (Å²) in [6.45, 7) is 9.13. The molecule has 1 aliphatic rings. The van der Waals surface area contributed by atoms with Gasteiger partial charge in [0.05, 0.1) is 0 Å². The molecule has 0 spiro atoms. The molecule has 92 valence electrons. The van der Waals surface area contributed by atoms with Gasteiger partial charge >= 0.3 is 0 Å². The Balaban J connectivity index is 2.94. The maximum atomic E-state index is 12.0. The molecule has 0 bridgehead atoms. The molecule has 2 N–H and O–H groups in total. The summed E-state index contributed by atoms with van der Waals surface area (Å²) < 4.78 is 0. The second kappa shape index (κ2) is 4.31. The minimum atomic E-state index is -0.602. The van der Waals surface area contributed by atoms with Crippen molar-refractivity contribution in [1.82, 2.24) is 9.80 Å². The first-order chi connectivity index (χ1) is 7.26. The topological polar surface area (TPSA) is 61.9 Å². The molecule has 1 heterocycles. The molecule has 0 aromatic heterocycles. The highest BCUT2D eigenvalue weighted by atomic mass is 16.2. The molecular weight excluding hydrogens is 204 g/mol. The Morgan fingerprint density at radius 2 is 2.00 bits per heavy atom. The van der Waals surface area contributed by atoms with Crippen LogP contribution in [-0.4, -0.2) is 53.4 Å². The highest BCUT2D eigenvalue weighted by molar-refractivity contribution is 5.92. The molecule has 0 saturated carbocycles. The maximum absolute atomic E-state index is 12.0. The van der Waals surface area contributed by atoms with Crippen LogP contribution in [0.3, 0.4) is 0 Å². The van der Waals surface area contributed by atoms with E-state index >= 15 is 0 Å². The van der Waals surface area contributed by atoms with Gasteiger partial charge in [-0.3, -0.25) is 9.79 Å². The number of nitrogens with two attached hydrogens (primary N) is 1. The van der Waals surface area contributed by atoms with Crippen LogP contribution in [0.2, 0.25) is 0 Å². The highest BCUT2D eigenvalue weighted by Crippen LogP contribution is 2.21. The molecule has 0 aliphatic carbocycles. The van der Waals surface area contributed by atoms with E-state index in [4.69, 9.17) is 5.73 Å². The number of guanidine groups is 1. The summed E-state index contributed by atoms with van der Waals surface area (Å²) in [4.78, 5) is 19.9. The number of hydrogen-bond acceptors (Lipinski definition) is 2. The second-order valence-electron chi connectivity index (χ2n) is 5.02. The molecule has 0 aromatic carbocycles. The summed E-state index contributed by atoms with van der Waals surface area (Å²) in [5, 5.41) is 0. The Bertz CT molecular complexity index is 309. The number of aliphatic imine (C=N–C) groups is 1. The summed E-state index contributed by atoms with van der Waals surface area (Å²) in [7, 11) is 1.82. The van der Waals surface area contributed by atoms with E-state index < -0.39 is 5.54 Å². The van der Waals surface area contributed by atoms with Crippen molar-refractivity contribution in [3.05, 3.63) is 0 Å². The van der Waals surface area contributed by atoms with Crippen LogP contribution >= 0.6 is 0 Å². The standard InChI is InChI=1S/C11H22N4O/c1-8(2)13-10(12)15-7-6-14(5)9(16)11(15,3)4/h8H,6-7H2,1-5H3,(H2,12,13). The minimum absolute atomic E-state index is 0.0839. The number of carbonyl (C=O) groups is 1. The summed E-state index contributed by atoms with van der Waals surface area (Å²) in [5.41, 5.74) is 5.34. The molecule has 1 fully saturated rings. The Hall–Kier alpha value is -1.26. The number of carbonyl (C=O) groups excluding carboxylic acids is 1. The SMILES string of the molecule is CC(C)N=C(N)N1CCN(C)C(=O)C1(C)C. The molecule has 1 saturated heterocycles. The molecule has 16 heavy (non-hydrogen) atoms. The Morgan fingerprint density at radius 1 is 1.44 bits per heavy atom. The van der Waals surface area contributed by atoms with Crippen molar-refractivity contribution >= 4 is 11.9 Å². The lowest BCUT2D eigenvalue weighted by molar-refractivity contribution is -0.143. The summed E-state index contributed by atoms with van der Waals surface area (Å²) in [6.07, 6.45) is 0. The van der Waals surface area contributed by atoms with Crippen molar-refractivity contribution in [1.29, 1.82) is 0 Å². The van der Waals surface area contributed by atoms with Crippen LogP contribution < -0.4 is 5.73 Å². The summed E-state index contributed by atoms with van der Waals surface area (Å²) >= 11 is 0. The van der Waals surface area contributed by atoms with Gasteiger partial charge < -0.3 is 15.5 Å². The van der Waals surface area contributed by atoms with Crippen LogP contribution in [0.5, 0.6) is 0 Å². The maximum Gasteiger partial charge on any atom is 0.247 e. The van der Waals surface area contributed by atoms with Crippen molar-refractivity contribution in [2.24, 2.45) is 10.7 Å². The van der Waals surface area contributed by atoms with E-state index in [1.54, 1.807) is 4.90 Å². The fraction of sp³-hybridized carbons (Fsp3) is 0.818. The zero-order valence-electron chi connectivity index (χ0n) is 10.8. The van der Waals surface area contributed by atoms with Crippen LogP contribution in [0.15, 0.2) is 4.99 Å². The lowest BCUT2D eigenvalue weighted by Gasteiger charge is -2.45. The molecule has 1 aliphatic heterocycles. The molecule has 1 rings (SSSR count). The number of amides is 1. The van der Waals surface area contributed by atoms with Crippen molar-refractivity contribution in [3.8, 4) is 0 Å². The molecular formula is C11H22N4O. The third-order valence-corrected chi connectivity index (χ3v) is 2.87. The molecule has 0 aromatic rings. The zero-order chi connectivity index (χ0) is 12.5. The predicted molar refractivity (Wildman–Crippen MR) is 65.2 cm³/mol. The van der Waals surface area contributed by atoms with Crippen molar-refractivity contribution < 1.29 is 4.79 Å². The largest absolute Gasteiger partial charge is 0.370 e. The van der Waals surface area contributed by atoms with Crippen LogP contribution in [0.4, 0.5) is 0 Å². The lowest BCUT2D eigenvalue weighted by Crippen LogP contribution is -2.65. The van der Waals surface area contributed by atoms with Crippen LogP contribution in [0.25, 0.3) is 0 Å². The van der Waals surface area contributed by atoms with Gasteiger partial charge in [0.1, 0.15) is 5.54 Å².